The minimum atomic E-state index is -0.503. The van der Waals surface area contributed by atoms with Crippen molar-refractivity contribution in [2.24, 2.45) is 0 Å². The summed E-state index contributed by atoms with van der Waals surface area (Å²) in [5.41, 5.74) is 3.67. The highest BCUT2D eigenvalue weighted by atomic mass is 35.5. The van der Waals surface area contributed by atoms with E-state index in [4.69, 9.17) is 16.9 Å². The third kappa shape index (κ3) is 4.88. The first-order valence-corrected chi connectivity index (χ1v) is 11.3. The molecule has 0 amide bonds. The molecule has 4 aromatic carbocycles. The Kier molecular flexibility index (Phi) is 6.64. The van der Waals surface area contributed by atoms with E-state index in [0.29, 0.717) is 6.54 Å². The summed E-state index contributed by atoms with van der Waals surface area (Å²) < 4.78 is 0. The first-order valence-electron chi connectivity index (χ1n) is 10.9. The molecule has 3 heteroatoms. The van der Waals surface area contributed by atoms with Gasteiger partial charge in [-0.3, -0.25) is 10.6 Å². The molecule has 0 bridgehead atoms. The molecule has 0 aliphatic rings. The maximum atomic E-state index is 6.05. The van der Waals surface area contributed by atoms with Crippen LogP contribution in [0.4, 0.5) is 5.69 Å². The van der Waals surface area contributed by atoms with E-state index in [1.54, 1.807) is 0 Å². The summed E-state index contributed by atoms with van der Waals surface area (Å²) in [6, 6.07) is 39.6. The van der Waals surface area contributed by atoms with Crippen molar-refractivity contribution < 1.29 is 0 Å². The minimum absolute atomic E-state index is 0.336. The molecule has 0 aliphatic heterocycles. The standard InChI is InChI=1S/C29H28ClN2/c1-28(2,32-27-20-18-26(30)19-21-27)22-31-29(23-12-6-3-7-13-23,24-14-8-4-9-15-24)25-16-10-5-11-17-25/h3-21,31H,22H2,1-2H3. The molecule has 0 unspecified atom stereocenters. The van der Waals surface area contributed by atoms with Gasteiger partial charge in [0.2, 0.25) is 0 Å². The molecule has 2 nitrogen and oxygen atoms in total. The van der Waals surface area contributed by atoms with E-state index in [-0.39, 0.29) is 5.54 Å². The predicted molar refractivity (Wildman–Crippen MR) is 135 cm³/mol. The van der Waals surface area contributed by atoms with Crippen LogP contribution in [0.1, 0.15) is 30.5 Å². The van der Waals surface area contributed by atoms with Gasteiger partial charge in [-0.25, -0.2) is 0 Å². The van der Waals surface area contributed by atoms with Crippen molar-refractivity contribution in [2.45, 2.75) is 24.9 Å². The fraction of sp³-hybridized carbons (Fsp3) is 0.172. The Labute approximate surface area is 196 Å². The Bertz CT molecular complexity index is 1010. The van der Waals surface area contributed by atoms with Gasteiger partial charge in [0.1, 0.15) is 0 Å². The van der Waals surface area contributed by atoms with Crippen molar-refractivity contribution in [3.63, 3.8) is 0 Å². The molecule has 0 saturated carbocycles. The third-order valence-electron chi connectivity index (χ3n) is 5.66. The topological polar surface area (TPSA) is 26.1 Å². The normalized spacial score (nSPS) is 11.8. The van der Waals surface area contributed by atoms with E-state index in [9.17, 15) is 0 Å². The fourth-order valence-electron chi connectivity index (χ4n) is 4.12. The zero-order valence-electron chi connectivity index (χ0n) is 18.5. The average molecular weight is 440 g/mol. The molecular formula is C29H28ClN2. The number of halogens is 1. The zero-order chi connectivity index (χ0) is 22.4. The number of nitrogens with one attached hydrogen (secondary N) is 1. The van der Waals surface area contributed by atoms with Crippen LogP contribution in [0, 0.1) is 0 Å². The van der Waals surface area contributed by atoms with Crippen molar-refractivity contribution in [2.75, 3.05) is 6.54 Å². The van der Waals surface area contributed by atoms with Gasteiger partial charge in [-0.1, -0.05) is 103 Å². The Hall–Kier alpha value is -3.07. The highest BCUT2D eigenvalue weighted by molar-refractivity contribution is 6.30. The summed E-state index contributed by atoms with van der Waals surface area (Å²) in [6.07, 6.45) is 0. The number of hydrogen-bond acceptors (Lipinski definition) is 1. The van der Waals surface area contributed by atoms with E-state index < -0.39 is 5.54 Å². The van der Waals surface area contributed by atoms with Gasteiger partial charge in [0.05, 0.1) is 16.8 Å². The van der Waals surface area contributed by atoms with Crippen LogP contribution < -0.4 is 10.6 Å². The van der Waals surface area contributed by atoms with Crippen molar-refractivity contribution in [1.29, 1.82) is 0 Å². The van der Waals surface area contributed by atoms with Crippen LogP contribution in [0.5, 0.6) is 0 Å². The Morgan fingerprint density at radius 1 is 0.625 bits per heavy atom. The van der Waals surface area contributed by atoms with E-state index >= 15 is 0 Å². The van der Waals surface area contributed by atoms with Crippen LogP contribution >= 0.6 is 11.6 Å². The van der Waals surface area contributed by atoms with Crippen molar-refractivity contribution >= 4 is 17.3 Å². The maximum absolute atomic E-state index is 6.05. The largest absolute Gasteiger partial charge is 0.298 e. The lowest BCUT2D eigenvalue weighted by Gasteiger charge is -2.40. The summed E-state index contributed by atoms with van der Waals surface area (Å²) in [5, 5.41) is 9.65. The van der Waals surface area contributed by atoms with Gasteiger partial charge in [-0.2, -0.15) is 0 Å². The number of hydrogen-bond donors (Lipinski definition) is 1. The smallest absolute Gasteiger partial charge is 0.0948 e. The van der Waals surface area contributed by atoms with E-state index in [0.717, 1.165) is 10.7 Å². The Morgan fingerprint density at radius 3 is 1.44 bits per heavy atom. The molecule has 1 N–H and O–H groups in total. The molecular weight excluding hydrogens is 412 g/mol. The van der Waals surface area contributed by atoms with Crippen LogP contribution in [-0.4, -0.2) is 12.1 Å². The summed E-state index contributed by atoms with van der Waals surface area (Å²) in [7, 11) is 0. The number of rotatable bonds is 8. The molecule has 0 spiro atoms. The molecule has 0 aromatic heterocycles. The SMILES string of the molecule is CC(C)(CNC(c1ccccc1)(c1ccccc1)c1ccccc1)[N]c1ccc(Cl)cc1. The quantitative estimate of drug-likeness (QED) is 0.296. The molecule has 161 valence electrons. The van der Waals surface area contributed by atoms with E-state index in [1.165, 1.54) is 16.7 Å². The van der Waals surface area contributed by atoms with Gasteiger partial charge >= 0.3 is 0 Å². The van der Waals surface area contributed by atoms with Crippen LogP contribution in [0.25, 0.3) is 0 Å². The van der Waals surface area contributed by atoms with Gasteiger partial charge < -0.3 is 0 Å². The van der Waals surface area contributed by atoms with Crippen LogP contribution in [-0.2, 0) is 5.54 Å². The minimum Gasteiger partial charge on any atom is -0.298 e. The molecule has 0 atom stereocenters. The van der Waals surface area contributed by atoms with Crippen LogP contribution in [0.2, 0.25) is 5.02 Å². The molecule has 0 fully saturated rings. The second-order valence-electron chi connectivity index (χ2n) is 8.60. The van der Waals surface area contributed by atoms with Crippen molar-refractivity contribution in [3.05, 3.63) is 137 Å². The summed E-state index contributed by atoms with van der Waals surface area (Å²) in [6.45, 7) is 4.98. The Morgan fingerprint density at radius 2 is 1.03 bits per heavy atom. The Balaban J connectivity index is 1.75. The predicted octanol–water partition coefficient (Wildman–Crippen LogP) is 6.94. The van der Waals surface area contributed by atoms with Crippen LogP contribution in [0.15, 0.2) is 115 Å². The van der Waals surface area contributed by atoms with Crippen molar-refractivity contribution in [3.8, 4) is 0 Å². The van der Waals surface area contributed by atoms with Gasteiger partial charge in [-0.15, -0.1) is 0 Å². The molecule has 1 radical (unpaired) electrons. The molecule has 4 aromatic rings. The second kappa shape index (κ2) is 9.60. The van der Waals surface area contributed by atoms with Gasteiger partial charge in [0.25, 0.3) is 0 Å². The van der Waals surface area contributed by atoms with Crippen molar-refractivity contribution in [1.82, 2.24) is 10.6 Å². The van der Waals surface area contributed by atoms with E-state index in [1.807, 2.05) is 24.3 Å². The van der Waals surface area contributed by atoms with E-state index in [2.05, 4.69) is 110 Å². The lowest BCUT2D eigenvalue weighted by atomic mass is 9.76. The molecule has 4 rings (SSSR count). The summed E-state index contributed by atoms with van der Waals surface area (Å²) >= 11 is 6.05. The maximum Gasteiger partial charge on any atom is 0.0948 e. The lowest BCUT2D eigenvalue weighted by molar-refractivity contribution is 0.354. The van der Waals surface area contributed by atoms with Crippen LogP contribution in [0.3, 0.4) is 0 Å². The highest BCUT2D eigenvalue weighted by Gasteiger charge is 2.37. The first-order chi connectivity index (χ1) is 15.5. The molecule has 0 saturated heterocycles. The third-order valence-corrected chi connectivity index (χ3v) is 5.92. The summed E-state index contributed by atoms with van der Waals surface area (Å²) in [4.78, 5) is 0. The zero-order valence-corrected chi connectivity index (χ0v) is 19.3. The summed E-state index contributed by atoms with van der Waals surface area (Å²) in [5.74, 6) is 0. The monoisotopic (exact) mass is 439 g/mol. The number of benzene rings is 4. The van der Waals surface area contributed by atoms with Gasteiger partial charge in [0.15, 0.2) is 0 Å². The van der Waals surface area contributed by atoms with Gasteiger partial charge in [-0.05, 0) is 54.8 Å². The fourth-order valence-corrected chi connectivity index (χ4v) is 4.25. The average Bonchev–Trinajstić information content (AvgIpc) is 2.83. The molecule has 0 aliphatic carbocycles. The lowest BCUT2D eigenvalue weighted by Crippen LogP contribution is -2.52. The van der Waals surface area contributed by atoms with Gasteiger partial charge in [0, 0.05) is 11.6 Å². The second-order valence-corrected chi connectivity index (χ2v) is 9.04. The molecule has 32 heavy (non-hydrogen) atoms. The molecule has 0 heterocycles. The number of nitrogens with zero attached hydrogens (tertiary/aromatic N) is 1. The highest BCUT2D eigenvalue weighted by Crippen LogP contribution is 2.37. The first kappa shape index (κ1) is 22.1.